The van der Waals surface area contributed by atoms with E-state index < -0.39 is 12.2 Å². The molecule has 4 nitrogen and oxygen atoms in total. The normalized spacial score (nSPS) is 17.2. The molecule has 1 aliphatic rings. The molecule has 2 aromatic carbocycles. The van der Waals surface area contributed by atoms with E-state index in [9.17, 15) is 10.2 Å². The number of nitrogens with one attached hydrogen (secondary N) is 1. The van der Waals surface area contributed by atoms with E-state index >= 15 is 0 Å². The first-order chi connectivity index (χ1) is 12.5. The fourth-order valence-corrected chi connectivity index (χ4v) is 3.97. The highest BCUT2D eigenvalue weighted by Gasteiger charge is 2.25. The Kier molecular flexibility index (Phi) is 4.95. The van der Waals surface area contributed by atoms with Crippen LogP contribution in [0.2, 0.25) is 10.0 Å². The summed E-state index contributed by atoms with van der Waals surface area (Å²) in [6.07, 6.45) is -0.911. The minimum absolute atomic E-state index is 0.402. The fraction of sp³-hybridized carbons (Fsp3) is 0.300. The minimum Gasteiger partial charge on any atom is -0.389 e. The molecule has 2 heterocycles. The average molecular weight is 391 g/mol. The number of aromatic nitrogens is 1. The fourth-order valence-electron chi connectivity index (χ4n) is 3.67. The summed E-state index contributed by atoms with van der Waals surface area (Å²) in [5, 5.41) is 23.4. The van der Waals surface area contributed by atoms with E-state index in [0.29, 0.717) is 23.7 Å². The van der Waals surface area contributed by atoms with Crippen LogP contribution in [-0.4, -0.2) is 39.3 Å². The Labute approximate surface area is 162 Å². The van der Waals surface area contributed by atoms with Crippen LogP contribution in [0.15, 0.2) is 42.5 Å². The Morgan fingerprint density at radius 1 is 1.04 bits per heavy atom. The lowest BCUT2D eigenvalue weighted by Crippen LogP contribution is -2.38. The van der Waals surface area contributed by atoms with Crippen LogP contribution < -0.4 is 0 Å². The first-order valence-electron chi connectivity index (χ1n) is 8.64. The number of halogens is 2. The van der Waals surface area contributed by atoms with Crippen LogP contribution >= 0.6 is 23.2 Å². The van der Waals surface area contributed by atoms with Gasteiger partial charge in [0.2, 0.25) is 0 Å². The molecule has 0 amide bonds. The number of β-amino-alcohol motifs (C(OH)–C–C–N with tert-alkyl or cyclic N) is 1. The predicted molar refractivity (Wildman–Crippen MR) is 105 cm³/mol. The van der Waals surface area contributed by atoms with Crippen molar-refractivity contribution in [2.45, 2.75) is 25.2 Å². The quantitative estimate of drug-likeness (QED) is 0.632. The van der Waals surface area contributed by atoms with Crippen LogP contribution in [0.1, 0.15) is 22.9 Å². The van der Waals surface area contributed by atoms with Crippen molar-refractivity contribution in [2.75, 3.05) is 13.1 Å². The van der Waals surface area contributed by atoms with Gasteiger partial charge in [-0.25, -0.2) is 0 Å². The number of aliphatic hydroxyl groups excluding tert-OH is 2. The first kappa shape index (κ1) is 17.8. The summed E-state index contributed by atoms with van der Waals surface area (Å²) in [5.74, 6) is 0. The second kappa shape index (κ2) is 7.22. The lowest BCUT2D eigenvalue weighted by Gasteiger charge is -2.30. The third-order valence-corrected chi connectivity index (χ3v) is 5.52. The number of fused-ring (bicyclic) bond motifs is 3. The Bertz CT molecular complexity index is 923. The number of benzene rings is 2. The van der Waals surface area contributed by atoms with E-state index in [1.54, 1.807) is 24.3 Å². The van der Waals surface area contributed by atoms with E-state index in [-0.39, 0.29) is 0 Å². The Morgan fingerprint density at radius 3 is 2.54 bits per heavy atom. The molecular formula is C20H20Cl2N2O2. The van der Waals surface area contributed by atoms with Crippen molar-refractivity contribution in [3.63, 3.8) is 0 Å². The van der Waals surface area contributed by atoms with Crippen molar-refractivity contribution in [3.8, 4) is 0 Å². The van der Waals surface area contributed by atoms with Gasteiger partial charge in [-0.1, -0.05) is 35.3 Å². The monoisotopic (exact) mass is 390 g/mol. The largest absolute Gasteiger partial charge is 0.389 e. The zero-order valence-corrected chi connectivity index (χ0v) is 15.6. The van der Waals surface area contributed by atoms with Crippen LogP contribution in [0.5, 0.6) is 0 Å². The van der Waals surface area contributed by atoms with Crippen molar-refractivity contribution in [1.29, 1.82) is 0 Å². The SMILES string of the molecule is OC(CN1CCc2c([nH]c3ccc(Cl)cc23)C1)C(O)c1ccc(Cl)cc1. The number of rotatable bonds is 4. The summed E-state index contributed by atoms with van der Waals surface area (Å²) >= 11 is 12.0. The van der Waals surface area contributed by atoms with Gasteiger partial charge < -0.3 is 15.2 Å². The zero-order chi connectivity index (χ0) is 18.3. The maximum atomic E-state index is 10.5. The van der Waals surface area contributed by atoms with Crippen molar-refractivity contribution in [2.24, 2.45) is 0 Å². The summed E-state index contributed by atoms with van der Waals surface area (Å²) in [6, 6.07) is 12.8. The molecule has 2 unspecified atom stereocenters. The second-order valence-electron chi connectivity index (χ2n) is 6.82. The molecule has 0 aliphatic carbocycles. The minimum atomic E-state index is -0.935. The van der Waals surface area contributed by atoms with Crippen LogP contribution in [-0.2, 0) is 13.0 Å². The van der Waals surface area contributed by atoms with E-state index in [2.05, 4.69) is 9.88 Å². The number of aliphatic hydroxyl groups is 2. The molecule has 4 rings (SSSR count). The first-order valence-corrected chi connectivity index (χ1v) is 9.40. The predicted octanol–water partition coefficient (Wildman–Crippen LogP) is 3.93. The summed E-state index contributed by atoms with van der Waals surface area (Å²) in [5.41, 5.74) is 4.20. The number of nitrogens with zero attached hydrogens (tertiary/aromatic N) is 1. The van der Waals surface area contributed by atoms with Crippen LogP contribution in [0.25, 0.3) is 10.9 Å². The average Bonchev–Trinajstić information content (AvgIpc) is 2.98. The van der Waals surface area contributed by atoms with E-state index in [1.165, 1.54) is 10.9 Å². The van der Waals surface area contributed by atoms with Crippen molar-refractivity contribution < 1.29 is 10.2 Å². The van der Waals surface area contributed by atoms with Gasteiger partial charge in [0.25, 0.3) is 0 Å². The molecule has 0 saturated carbocycles. The molecule has 0 bridgehead atoms. The molecule has 26 heavy (non-hydrogen) atoms. The molecule has 0 spiro atoms. The molecular weight excluding hydrogens is 371 g/mol. The molecule has 136 valence electrons. The molecule has 1 aliphatic heterocycles. The molecule has 0 saturated heterocycles. The Hall–Kier alpha value is -1.56. The van der Waals surface area contributed by atoms with E-state index in [0.717, 1.165) is 29.2 Å². The highest BCUT2D eigenvalue weighted by atomic mass is 35.5. The molecule has 1 aromatic heterocycles. The maximum Gasteiger partial charge on any atom is 0.106 e. The highest BCUT2D eigenvalue weighted by Crippen LogP contribution is 2.30. The molecule has 3 aromatic rings. The molecule has 3 N–H and O–H groups in total. The van der Waals surface area contributed by atoms with Gasteiger partial charge >= 0.3 is 0 Å². The summed E-state index contributed by atoms with van der Waals surface area (Å²) in [4.78, 5) is 5.61. The lowest BCUT2D eigenvalue weighted by atomic mass is 10.0. The van der Waals surface area contributed by atoms with Gasteiger partial charge in [0, 0.05) is 46.3 Å². The van der Waals surface area contributed by atoms with Gasteiger partial charge in [0.1, 0.15) is 6.10 Å². The van der Waals surface area contributed by atoms with Gasteiger partial charge in [-0.05, 0) is 47.9 Å². The highest BCUT2D eigenvalue weighted by molar-refractivity contribution is 6.31. The van der Waals surface area contributed by atoms with Crippen LogP contribution in [0.3, 0.4) is 0 Å². The standard InChI is InChI=1S/C20H20Cl2N2O2/c21-13-3-1-12(2-4-13)20(26)19(25)11-24-8-7-15-16-9-14(22)5-6-17(16)23-18(15)10-24/h1-6,9,19-20,23,25-26H,7-8,10-11H2. The Morgan fingerprint density at radius 2 is 1.77 bits per heavy atom. The van der Waals surface area contributed by atoms with Gasteiger partial charge in [-0.3, -0.25) is 4.90 Å². The summed E-state index contributed by atoms with van der Waals surface area (Å²) in [6.45, 7) is 1.95. The summed E-state index contributed by atoms with van der Waals surface area (Å²) < 4.78 is 0. The van der Waals surface area contributed by atoms with Gasteiger partial charge in [0.15, 0.2) is 0 Å². The van der Waals surface area contributed by atoms with Crippen LogP contribution in [0, 0.1) is 0 Å². The van der Waals surface area contributed by atoms with Gasteiger partial charge in [0.05, 0.1) is 6.10 Å². The van der Waals surface area contributed by atoms with E-state index in [4.69, 9.17) is 23.2 Å². The van der Waals surface area contributed by atoms with E-state index in [1.807, 2.05) is 18.2 Å². The lowest BCUT2D eigenvalue weighted by molar-refractivity contribution is -0.00622. The molecule has 2 atom stereocenters. The third kappa shape index (κ3) is 3.48. The maximum absolute atomic E-state index is 10.5. The van der Waals surface area contributed by atoms with Gasteiger partial charge in [-0.15, -0.1) is 0 Å². The zero-order valence-electron chi connectivity index (χ0n) is 14.1. The van der Waals surface area contributed by atoms with Crippen molar-refractivity contribution in [1.82, 2.24) is 9.88 Å². The number of H-pyrrole nitrogens is 1. The second-order valence-corrected chi connectivity index (χ2v) is 7.69. The molecule has 0 radical (unpaired) electrons. The van der Waals surface area contributed by atoms with Crippen molar-refractivity contribution in [3.05, 3.63) is 69.3 Å². The van der Waals surface area contributed by atoms with Gasteiger partial charge in [-0.2, -0.15) is 0 Å². The smallest absolute Gasteiger partial charge is 0.106 e. The number of hydrogen-bond acceptors (Lipinski definition) is 3. The topological polar surface area (TPSA) is 59.5 Å². The number of aromatic amines is 1. The Balaban J connectivity index is 1.47. The van der Waals surface area contributed by atoms with Crippen LogP contribution in [0.4, 0.5) is 0 Å². The molecule has 0 fully saturated rings. The third-order valence-electron chi connectivity index (χ3n) is 5.04. The number of hydrogen-bond donors (Lipinski definition) is 3. The summed E-state index contributed by atoms with van der Waals surface area (Å²) in [7, 11) is 0. The molecule has 6 heteroatoms. The van der Waals surface area contributed by atoms with Crippen molar-refractivity contribution >= 4 is 34.1 Å².